The van der Waals surface area contributed by atoms with Crippen molar-refractivity contribution in [2.24, 2.45) is 0 Å². The second kappa shape index (κ2) is 7.55. The first kappa shape index (κ1) is 19.5. The summed E-state index contributed by atoms with van der Waals surface area (Å²) >= 11 is 6.03. The van der Waals surface area contributed by atoms with Crippen molar-refractivity contribution in [2.75, 3.05) is 31.1 Å². The lowest BCUT2D eigenvalue weighted by Crippen LogP contribution is -2.50. The number of ether oxygens (including phenoxy) is 1. The Bertz CT molecular complexity index is 1020. The third-order valence-electron chi connectivity index (χ3n) is 4.79. The molecule has 0 atom stereocenters. The average Bonchev–Trinajstić information content (AvgIpc) is 3.10. The monoisotopic (exact) mass is 413 g/mol. The van der Waals surface area contributed by atoms with Crippen LogP contribution in [0.5, 0.6) is 0 Å². The number of anilines is 1. The van der Waals surface area contributed by atoms with Gasteiger partial charge in [0.15, 0.2) is 5.65 Å². The summed E-state index contributed by atoms with van der Waals surface area (Å²) in [7, 11) is 0. The molecular weight excluding hydrogens is 390 g/mol. The molecule has 1 aliphatic heterocycles. The maximum absolute atomic E-state index is 12.2. The summed E-state index contributed by atoms with van der Waals surface area (Å²) in [4.78, 5) is 20.6. The predicted molar refractivity (Wildman–Crippen MR) is 113 cm³/mol. The summed E-state index contributed by atoms with van der Waals surface area (Å²) in [6, 6.07) is 11.9. The van der Waals surface area contributed by atoms with Gasteiger partial charge in [0.1, 0.15) is 10.8 Å². The van der Waals surface area contributed by atoms with Crippen molar-refractivity contribution in [2.45, 2.75) is 26.4 Å². The number of hydrogen-bond acceptors (Lipinski definition) is 5. The standard InChI is InChI=1S/C21H24ClN5O2/c1-21(2,3)29-20(28)26-12-10-25(11-13-26)16-6-4-15(5-7-16)17-14-23-19-9-8-18(22)24-27(17)19/h4-9,14H,10-13H2,1-3H3. The van der Waals surface area contributed by atoms with Crippen LogP contribution in [0.4, 0.5) is 10.5 Å². The first-order chi connectivity index (χ1) is 13.8. The first-order valence-corrected chi connectivity index (χ1v) is 10.0. The minimum Gasteiger partial charge on any atom is -0.444 e. The normalized spacial score (nSPS) is 15.0. The minimum absolute atomic E-state index is 0.244. The van der Waals surface area contributed by atoms with Crippen molar-refractivity contribution in [1.29, 1.82) is 0 Å². The Labute approximate surface area is 174 Å². The van der Waals surface area contributed by atoms with E-state index in [-0.39, 0.29) is 6.09 Å². The number of fused-ring (bicyclic) bond motifs is 1. The van der Waals surface area contributed by atoms with E-state index in [1.807, 2.05) is 26.8 Å². The fourth-order valence-electron chi connectivity index (χ4n) is 3.36. The SMILES string of the molecule is CC(C)(C)OC(=O)N1CCN(c2ccc(-c3cnc4ccc(Cl)nn34)cc2)CC1. The number of carbonyl (C=O) groups is 1. The lowest BCUT2D eigenvalue weighted by atomic mass is 10.1. The number of benzene rings is 1. The summed E-state index contributed by atoms with van der Waals surface area (Å²) < 4.78 is 7.21. The molecule has 0 aliphatic carbocycles. The van der Waals surface area contributed by atoms with Gasteiger partial charge in [0.05, 0.1) is 11.9 Å². The molecule has 3 heterocycles. The molecule has 152 valence electrons. The quantitative estimate of drug-likeness (QED) is 0.632. The molecule has 1 amide bonds. The van der Waals surface area contributed by atoms with Crippen LogP contribution in [0.25, 0.3) is 16.9 Å². The van der Waals surface area contributed by atoms with E-state index in [2.05, 4.69) is 39.2 Å². The summed E-state index contributed by atoms with van der Waals surface area (Å²) in [5, 5.41) is 4.76. The van der Waals surface area contributed by atoms with Crippen LogP contribution in [0, 0.1) is 0 Å². The van der Waals surface area contributed by atoms with Gasteiger partial charge in [-0.3, -0.25) is 0 Å². The van der Waals surface area contributed by atoms with E-state index in [0.717, 1.165) is 35.7 Å². The van der Waals surface area contributed by atoms with Crippen molar-refractivity contribution in [3.63, 3.8) is 0 Å². The van der Waals surface area contributed by atoms with Crippen LogP contribution in [0.3, 0.4) is 0 Å². The number of nitrogens with zero attached hydrogens (tertiary/aromatic N) is 5. The maximum Gasteiger partial charge on any atom is 0.410 e. The zero-order chi connectivity index (χ0) is 20.6. The highest BCUT2D eigenvalue weighted by Gasteiger charge is 2.26. The van der Waals surface area contributed by atoms with Crippen LogP contribution in [-0.4, -0.2) is 57.4 Å². The Kier molecular flexibility index (Phi) is 5.08. The van der Waals surface area contributed by atoms with Crippen LogP contribution >= 0.6 is 11.6 Å². The largest absolute Gasteiger partial charge is 0.444 e. The first-order valence-electron chi connectivity index (χ1n) is 9.64. The number of carbonyl (C=O) groups excluding carboxylic acids is 1. The third kappa shape index (κ3) is 4.29. The number of amides is 1. The van der Waals surface area contributed by atoms with Gasteiger partial charge >= 0.3 is 6.09 Å². The van der Waals surface area contributed by atoms with Gasteiger partial charge in [-0.05, 0) is 45.0 Å². The highest BCUT2D eigenvalue weighted by atomic mass is 35.5. The molecule has 1 aliphatic rings. The Balaban J connectivity index is 1.44. The van der Waals surface area contributed by atoms with E-state index < -0.39 is 5.60 Å². The number of rotatable bonds is 2. The third-order valence-corrected chi connectivity index (χ3v) is 4.99. The molecule has 0 radical (unpaired) electrons. The summed E-state index contributed by atoms with van der Waals surface area (Å²) in [6.07, 6.45) is 1.55. The van der Waals surface area contributed by atoms with Crippen LogP contribution in [-0.2, 0) is 4.74 Å². The number of hydrogen-bond donors (Lipinski definition) is 0. The smallest absolute Gasteiger partial charge is 0.410 e. The van der Waals surface area contributed by atoms with Gasteiger partial charge in [0, 0.05) is 37.4 Å². The maximum atomic E-state index is 12.2. The van der Waals surface area contributed by atoms with Crippen LogP contribution in [0.15, 0.2) is 42.6 Å². The molecule has 1 saturated heterocycles. The van der Waals surface area contributed by atoms with Gasteiger partial charge in [-0.25, -0.2) is 14.3 Å². The van der Waals surface area contributed by atoms with E-state index in [0.29, 0.717) is 18.2 Å². The molecule has 1 fully saturated rings. The average molecular weight is 414 g/mol. The van der Waals surface area contributed by atoms with Gasteiger partial charge in [-0.2, -0.15) is 5.10 Å². The van der Waals surface area contributed by atoms with Crippen molar-refractivity contribution in [3.05, 3.63) is 47.7 Å². The molecule has 8 heteroatoms. The molecule has 29 heavy (non-hydrogen) atoms. The van der Waals surface area contributed by atoms with Crippen LogP contribution in [0.2, 0.25) is 5.15 Å². The van der Waals surface area contributed by atoms with E-state index in [1.165, 1.54) is 0 Å². The lowest BCUT2D eigenvalue weighted by molar-refractivity contribution is 0.0240. The topological polar surface area (TPSA) is 63.0 Å². The van der Waals surface area contributed by atoms with Crippen molar-refractivity contribution >= 4 is 29.0 Å². The zero-order valence-electron chi connectivity index (χ0n) is 16.8. The molecule has 2 aromatic heterocycles. The molecular formula is C21H24ClN5O2. The van der Waals surface area contributed by atoms with Crippen molar-refractivity contribution in [1.82, 2.24) is 19.5 Å². The Morgan fingerprint density at radius 3 is 2.38 bits per heavy atom. The van der Waals surface area contributed by atoms with Crippen LogP contribution < -0.4 is 4.90 Å². The number of aromatic nitrogens is 3. The summed E-state index contributed by atoms with van der Waals surface area (Å²) in [6.45, 7) is 8.48. The Hall–Kier alpha value is -2.80. The van der Waals surface area contributed by atoms with Gasteiger partial charge in [-0.15, -0.1) is 0 Å². The predicted octanol–water partition coefficient (Wildman–Crippen LogP) is 4.11. The van der Waals surface area contributed by atoms with Gasteiger partial charge in [0.2, 0.25) is 0 Å². The minimum atomic E-state index is -0.471. The second-order valence-electron chi connectivity index (χ2n) is 8.07. The molecule has 0 saturated carbocycles. The summed E-state index contributed by atoms with van der Waals surface area (Å²) in [5.41, 5.74) is 3.32. The number of piperazine rings is 1. The number of halogens is 1. The van der Waals surface area contributed by atoms with E-state index in [4.69, 9.17) is 16.3 Å². The summed E-state index contributed by atoms with van der Waals surface area (Å²) in [5.74, 6) is 0. The molecule has 3 aromatic rings. The molecule has 0 unspecified atom stereocenters. The highest BCUT2D eigenvalue weighted by Crippen LogP contribution is 2.25. The highest BCUT2D eigenvalue weighted by molar-refractivity contribution is 6.29. The molecule has 0 N–H and O–H groups in total. The van der Waals surface area contributed by atoms with Gasteiger partial charge < -0.3 is 14.5 Å². The Morgan fingerprint density at radius 1 is 1.03 bits per heavy atom. The van der Waals surface area contributed by atoms with Gasteiger partial charge in [0.25, 0.3) is 0 Å². The molecule has 0 bridgehead atoms. The van der Waals surface area contributed by atoms with Gasteiger partial charge in [-0.1, -0.05) is 23.7 Å². The van der Waals surface area contributed by atoms with E-state index in [1.54, 1.807) is 21.7 Å². The molecule has 4 rings (SSSR count). The van der Waals surface area contributed by atoms with E-state index >= 15 is 0 Å². The molecule has 1 aromatic carbocycles. The molecule has 0 spiro atoms. The zero-order valence-corrected chi connectivity index (χ0v) is 17.6. The Morgan fingerprint density at radius 2 is 1.72 bits per heavy atom. The second-order valence-corrected chi connectivity index (χ2v) is 8.46. The van der Waals surface area contributed by atoms with Crippen molar-refractivity contribution < 1.29 is 9.53 Å². The molecule has 7 nitrogen and oxygen atoms in total. The van der Waals surface area contributed by atoms with E-state index in [9.17, 15) is 4.79 Å². The van der Waals surface area contributed by atoms with Crippen LogP contribution in [0.1, 0.15) is 20.8 Å². The van der Waals surface area contributed by atoms with Crippen molar-refractivity contribution in [3.8, 4) is 11.3 Å². The number of imidazole rings is 1. The lowest BCUT2D eigenvalue weighted by Gasteiger charge is -2.36. The fourth-order valence-corrected chi connectivity index (χ4v) is 3.50. The fraction of sp³-hybridized carbons (Fsp3) is 0.381.